The van der Waals surface area contributed by atoms with Crippen LogP contribution in [0.2, 0.25) is 0 Å². The number of piperazine rings is 1. The Morgan fingerprint density at radius 2 is 1.65 bits per heavy atom. The Hall–Kier alpha value is -3.27. The van der Waals surface area contributed by atoms with Crippen molar-refractivity contribution in [3.05, 3.63) is 89.6 Å². The van der Waals surface area contributed by atoms with Crippen LogP contribution < -0.4 is 0 Å². The third kappa shape index (κ3) is 6.19. The summed E-state index contributed by atoms with van der Waals surface area (Å²) in [5.74, 6) is -0.00479. The first-order chi connectivity index (χ1) is 16.4. The summed E-state index contributed by atoms with van der Waals surface area (Å²) in [6.45, 7) is 2.21. The molecule has 0 unspecified atom stereocenters. The van der Waals surface area contributed by atoms with Crippen LogP contribution in [0.3, 0.4) is 0 Å². The molecule has 0 atom stereocenters. The van der Waals surface area contributed by atoms with Gasteiger partial charge in [0.25, 0.3) is 0 Å². The zero-order chi connectivity index (χ0) is 24.0. The highest BCUT2D eigenvalue weighted by Crippen LogP contribution is 2.13. The van der Waals surface area contributed by atoms with E-state index in [4.69, 9.17) is 0 Å². The van der Waals surface area contributed by atoms with Crippen LogP contribution in [0.1, 0.15) is 11.1 Å². The molecule has 34 heavy (non-hydrogen) atoms. The number of hydrogen-bond acceptors (Lipinski definition) is 5. The average Bonchev–Trinajstić information content (AvgIpc) is 3.32. The van der Waals surface area contributed by atoms with Gasteiger partial charge in [0.1, 0.15) is 0 Å². The molecule has 9 heteroatoms. The number of hydrogen-bond donors (Lipinski definition) is 0. The minimum absolute atomic E-state index is 0.00479. The molecule has 3 aromatic rings. The normalized spacial score (nSPS) is 15.3. The molecule has 0 spiro atoms. The van der Waals surface area contributed by atoms with Crippen LogP contribution in [0.5, 0.6) is 0 Å². The molecule has 1 aromatic heterocycles. The molecule has 1 amide bonds. The first-order valence-corrected chi connectivity index (χ1v) is 12.7. The lowest BCUT2D eigenvalue weighted by atomic mass is 10.2. The van der Waals surface area contributed by atoms with Gasteiger partial charge in [0.2, 0.25) is 15.9 Å². The smallest absolute Gasteiger partial charge is 0.236 e. The molecule has 0 saturated carbocycles. The van der Waals surface area contributed by atoms with Crippen molar-refractivity contribution < 1.29 is 13.2 Å². The summed E-state index contributed by atoms with van der Waals surface area (Å²) in [6, 6.07) is 19.2. The summed E-state index contributed by atoms with van der Waals surface area (Å²) in [4.78, 5) is 16.5. The summed E-state index contributed by atoms with van der Waals surface area (Å²) in [5, 5.41) is 5.64. The number of rotatable bonds is 8. The van der Waals surface area contributed by atoms with E-state index in [-0.39, 0.29) is 12.5 Å². The fourth-order valence-corrected chi connectivity index (χ4v) is 5.04. The largest absolute Gasteiger partial charge is 0.339 e. The van der Waals surface area contributed by atoms with Crippen molar-refractivity contribution in [1.82, 2.24) is 23.9 Å². The third-order valence-electron chi connectivity index (χ3n) is 5.70. The minimum Gasteiger partial charge on any atom is -0.339 e. The molecule has 1 saturated heterocycles. The summed E-state index contributed by atoms with van der Waals surface area (Å²) < 4.78 is 28.5. The second kappa shape index (κ2) is 10.8. The lowest BCUT2D eigenvalue weighted by molar-refractivity contribution is -0.133. The maximum Gasteiger partial charge on any atom is 0.236 e. The van der Waals surface area contributed by atoms with E-state index in [1.807, 2.05) is 83.5 Å². The van der Waals surface area contributed by atoms with Gasteiger partial charge in [-0.2, -0.15) is 9.40 Å². The quantitative estimate of drug-likeness (QED) is 0.496. The Bertz CT molecular complexity index is 1220. The third-order valence-corrected chi connectivity index (χ3v) is 7.26. The van der Waals surface area contributed by atoms with Crippen LogP contribution in [0.25, 0.3) is 11.8 Å². The fraction of sp³-hybridized carbons (Fsp3) is 0.280. The van der Waals surface area contributed by atoms with Crippen LogP contribution in [0, 0.1) is 0 Å². The number of aromatic nitrogens is 2. The summed E-state index contributed by atoms with van der Waals surface area (Å²) in [7, 11) is -1.62. The monoisotopic (exact) mass is 479 g/mol. The molecular weight excluding hydrogens is 450 g/mol. The Balaban J connectivity index is 1.26. The Morgan fingerprint density at radius 3 is 2.32 bits per heavy atom. The highest BCUT2D eigenvalue weighted by Gasteiger charge is 2.27. The van der Waals surface area contributed by atoms with E-state index in [1.54, 1.807) is 17.2 Å². The van der Waals surface area contributed by atoms with Crippen LogP contribution in [-0.2, 0) is 21.4 Å². The molecule has 0 radical (unpaired) electrons. The molecule has 0 bridgehead atoms. The van der Waals surface area contributed by atoms with E-state index in [0.29, 0.717) is 32.7 Å². The van der Waals surface area contributed by atoms with Crippen molar-refractivity contribution in [2.45, 2.75) is 6.54 Å². The molecule has 178 valence electrons. The molecular formula is C25H29N5O3S. The van der Waals surface area contributed by atoms with Gasteiger partial charge in [-0.3, -0.25) is 9.69 Å². The average molecular weight is 480 g/mol. The first kappa shape index (κ1) is 23.9. The van der Waals surface area contributed by atoms with E-state index in [0.717, 1.165) is 16.8 Å². The highest BCUT2D eigenvalue weighted by molar-refractivity contribution is 7.92. The zero-order valence-electron chi connectivity index (χ0n) is 19.2. The second-order valence-electron chi connectivity index (χ2n) is 8.34. The van der Waals surface area contributed by atoms with Crippen molar-refractivity contribution in [1.29, 1.82) is 0 Å². The van der Waals surface area contributed by atoms with Crippen molar-refractivity contribution in [2.24, 2.45) is 0 Å². The van der Waals surface area contributed by atoms with Gasteiger partial charge in [-0.15, -0.1) is 0 Å². The van der Waals surface area contributed by atoms with E-state index < -0.39 is 10.0 Å². The van der Waals surface area contributed by atoms with Gasteiger partial charge < -0.3 is 4.90 Å². The molecule has 2 heterocycles. The van der Waals surface area contributed by atoms with Crippen LogP contribution >= 0.6 is 0 Å². The minimum atomic E-state index is -3.52. The number of carbonyl (C=O) groups excluding carboxylic acids is 1. The number of carbonyl (C=O) groups is 1. The Morgan fingerprint density at radius 1 is 1.00 bits per heavy atom. The number of likely N-dealkylation sites (N-methyl/N-ethyl adjacent to an activating group) is 1. The van der Waals surface area contributed by atoms with Gasteiger partial charge in [0.15, 0.2) is 0 Å². The molecule has 0 aliphatic carbocycles. The zero-order valence-corrected chi connectivity index (χ0v) is 20.0. The van der Waals surface area contributed by atoms with Gasteiger partial charge in [0.05, 0.1) is 18.4 Å². The maximum absolute atomic E-state index is 12.8. The van der Waals surface area contributed by atoms with E-state index in [9.17, 15) is 13.2 Å². The van der Waals surface area contributed by atoms with Gasteiger partial charge in [0, 0.05) is 49.9 Å². The van der Waals surface area contributed by atoms with Crippen molar-refractivity contribution in [2.75, 3.05) is 39.8 Å². The Labute approximate surface area is 200 Å². The summed E-state index contributed by atoms with van der Waals surface area (Å²) in [5.41, 5.74) is 2.83. The second-order valence-corrected chi connectivity index (χ2v) is 10.2. The fourth-order valence-electron chi connectivity index (χ4n) is 3.87. The summed E-state index contributed by atoms with van der Waals surface area (Å²) in [6.07, 6.45) is 5.37. The predicted molar refractivity (Wildman–Crippen MR) is 132 cm³/mol. The number of benzene rings is 2. The molecule has 8 nitrogen and oxygen atoms in total. The van der Waals surface area contributed by atoms with Crippen molar-refractivity contribution >= 4 is 22.0 Å². The van der Waals surface area contributed by atoms with E-state index in [1.165, 1.54) is 9.71 Å². The molecule has 1 aliphatic heterocycles. The van der Waals surface area contributed by atoms with Crippen LogP contribution in [0.15, 0.2) is 78.5 Å². The molecule has 1 aliphatic rings. The lowest BCUT2D eigenvalue weighted by Gasteiger charge is -2.34. The number of nitrogens with zero attached hydrogens (tertiary/aromatic N) is 5. The van der Waals surface area contributed by atoms with Crippen molar-refractivity contribution in [3.63, 3.8) is 0 Å². The molecule has 2 aromatic carbocycles. The van der Waals surface area contributed by atoms with Crippen LogP contribution in [-0.4, -0.2) is 78.0 Å². The number of amides is 1. The number of para-hydroxylation sites is 1. The Kier molecular flexibility index (Phi) is 7.56. The van der Waals surface area contributed by atoms with E-state index >= 15 is 0 Å². The first-order valence-electron chi connectivity index (χ1n) is 11.2. The SMILES string of the molecule is CN(CC(=O)N1CCN(S(=O)(=O)/C=C/c2ccccc2)CC1)Cc1cnn(-c2ccccc2)c1. The number of sulfonamides is 1. The van der Waals surface area contributed by atoms with Crippen molar-refractivity contribution in [3.8, 4) is 5.69 Å². The topological polar surface area (TPSA) is 78.8 Å². The molecule has 0 N–H and O–H groups in total. The summed E-state index contributed by atoms with van der Waals surface area (Å²) >= 11 is 0. The van der Waals surface area contributed by atoms with Gasteiger partial charge in [-0.25, -0.2) is 13.1 Å². The van der Waals surface area contributed by atoms with Gasteiger partial charge >= 0.3 is 0 Å². The predicted octanol–water partition coefficient (Wildman–Crippen LogP) is 2.45. The lowest BCUT2D eigenvalue weighted by Crippen LogP contribution is -2.51. The molecule has 4 rings (SSSR count). The maximum atomic E-state index is 12.8. The van der Waals surface area contributed by atoms with Crippen LogP contribution in [0.4, 0.5) is 0 Å². The van der Waals surface area contributed by atoms with Gasteiger partial charge in [-0.1, -0.05) is 48.5 Å². The van der Waals surface area contributed by atoms with Gasteiger partial charge in [-0.05, 0) is 30.8 Å². The highest BCUT2D eigenvalue weighted by atomic mass is 32.2. The van der Waals surface area contributed by atoms with E-state index in [2.05, 4.69) is 5.10 Å². The standard InChI is InChI=1S/C25H29N5O3S/c1-27(19-23-18-26-30(20-23)24-10-6-3-7-11-24)21-25(31)28-13-15-29(16-14-28)34(32,33)17-12-22-8-4-2-5-9-22/h2-12,17-18,20H,13-16,19,21H2,1H3/b17-12+. The molecule has 1 fully saturated rings.